The Morgan fingerprint density at radius 3 is 2.59 bits per heavy atom. The van der Waals surface area contributed by atoms with Gasteiger partial charge in [0.2, 0.25) is 0 Å². The van der Waals surface area contributed by atoms with Gasteiger partial charge in [0, 0.05) is 5.38 Å². The molecule has 1 aromatic heterocycles. The molecular weight excluding hydrogens is 260 g/mol. The summed E-state index contributed by atoms with van der Waals surface area (Å²) in [7, 11) is 0. The number of anilines is 1. The van der Waals surface area contributed by atoms with Crippen LogP contribution in [0.25, 0.3) is 0 Å². The minimum Gasteiger partial charge on any atom is -0.394 e. The summed E-state index contributed by atoms with van der Waals surface area (Å²) in [5, 5.41) is 16.6. The first-order valence-electron chi connectivity index (χ1n) is 5.49. The highest BCUT2D eigenvalue weighted by atomic mass is 35.5. The van der Waals surface area contributed by atoms with Crippen LogP contribution in [0.1, 0.15) is 26.7 Å². The van der Waals surface area contributed by atoms with E-state index in [9.17, 15) is 9.90 Å². The van der Waals surface area contributed by atoms with Crippen LogP contribution in [0.4, 0.5) is 10.5 Å². The number of nitrogens with one attached hydrogen (secondary N) is 2. The summed E-state index contributed by atoms with van der Waals surface area (Å²) in [6, 6.07) is 1.36. The van der Waals surface area contributed by atoms with Gasteiger partial charge in [-0.05, 0) is 18.9 Å². The second-order valence-electron chi connectivity index (χ2n) is 3.86. The van der Waals surface area contributed by atoms with Crippen molar-refractivity contribution < 1.29 is 9.90 Å². The molecule has 0 fully saturated rings. The fraction of sp³-hybridized carbons (Fsp3) is 0.545. The Morgan fingerprint density at radius 2 is 2.18 bits per heavy atom. The molecule has 17 heavy (non-hydrogen) atoms. The van der Waals surface area contributed by atoms with E-state index in [2.05, 4.69) is 10.6 Å². The maximum atomic E-state index is 11.7. The molecule has 0 saturated carbocycles. The molecule has 0 atom stereocenters. The van der Waals surface area contributed by atoms with Gasteiger partial charge in [0.25, 0.3) is 0 Å². The zero-order chi connectivity index (χ0) is 12.9. The first-order valence-corrected chi connectivity index (χ1v) is 6.75. The topological polar surface area (TPSA) is 61.4 Å². The van der Waals surface area contributed by atoms with Crippen molar-refractivity contribution in [2.24, 2.45) is 0 Å². The minimum absolute atomic E-state index is 0.0716. The lowest BCUT2D eigenvalue weighted by Gasteiger charge is -2.30. The molecule has 0 radical (unpaired) electrons. The molecule has 1 heterocycles. The lowest BCUT2D eigenvalue weighted by atomic mass is 9.94. The second-order valence-corrected chi connectivity index (χ2v) is 5.41. The minimum atomic E-state index is -0.552. The lowest BCUT2D eigenvalue weighted by Crippen LogP contribution is -2.51. The van der Waals surface area contributed by atoms with Gasteiger partial charge in [-0.3, -0.25) is 0 Å². The summed E-state index contributed by atoms with van der Waals surface area (Å²) in [6.07, 6.45) is 1.36. The SMILES string of the molecule is CCC(CC)(CO)NC(=O)Nc1csc(Cl)c1. The van der Waals surface area contributed by atoms with E-state index >= 15 is 0 Å². The molecule has 0 aliphatic rings. The molecule has 3 N–H and O–H groups in total. The third kappa shape index (κ3) is 3.87. The number of amides is 2. The molecule has 4 nitrogen and oxygen atoms in total. The third-order valence-corrected chi connectivity index (χ3v) is 3.95. The number of halogens is 1. The van der Waals surface area contributed by atoms with Crippen molar-refractivity contribution in [1.82, 2.24) is 5.32 Å². The van der Waals surface area contributed by atoms with Gasteiger partial charge in [0.05, 0.1) is 22.2 Å². The van der Waals surface area contributed by atoms with Gasteiger partial charge in [-0.1, -0.05) is 25.4 Å². The number of rotatable bonds is 5. The number of hydrogen-bond donors (Lipinski definition) is 3. The summed E-state index contributed by atoms with van der Waals surface area (Å²) >= 11 is 7.12. The number of urea groups is 1. The van der Waals surface area contributed by atoms with E-state index in [1.54, 1.807) is 11.4 Å². The van der Waals surface area contributed by atoms with Crippen LogP contribution in [-0.2, 0) is 0 Å². The maximum Gasteiger partial charge on any atom is 0.319 e. The van der Waals surface area contributed by atoms with E-state index in [0.717, 1.165) is 0 Å². The fourth-order valence-corrected chi connectivity index (χ4v) is 2.28. The van der Waals surface area contributed by atoms with Crippen molar-refractivity contribution in [3.63, 3.8) is 0 Å². The van der Waals surface area contributed by atoms with E-state index in [0.29, 0.717) is 22.9 Å². The average Bonchev–Trinajstić information content (AvgIpc) is 2.72. The van der Waals surface area contributed by atoms with E-state index < -0.39 is 5.54 Å². The van der Waals surface area contributed by atoms with Crippen molar-refractivity contribution in [3.8, 4) is 0 Å². The van der Waals surface area contributed by atoms with Gasteiger partial charge in [0.1, 0.15) is 0 Å². The predicted octanol–water partition coefficient (Wildman–Crippen LogP) is 3.07. The third-order valence-electron chi connectivity index (χ3n) is 2.86. The van der Waals surface area contributed by atoms with Gasteiger partial charge in [0.15, 0.2) is 0 Å². The molecule has 6 heteroatoms. The zero-order valence-corrected chi connectivity index (χ0v) is 11.5. The molecule has 0 bridgehead atoms. The Hall–Kier alpha value is -0.780. The number of aliphatic hydroxyl groups excluding tert-OH is 1. The average molecular weight is 277 g/mol. The quantitative estimate of drug-likeness (QED) is 0.774. The van der Waals surface area contributed by atoms with Crippen LogP contribution in [0.2, 0.25) is 4.34 Å². The van der Waals surface area contributed by atoms with Crippen LogP contribution >= 0.6 is 22.9 Å². The van der Waals surface area contributed by atoms with E-state index in [1.807, 2.05) is 13.8 Å². The van der Waals surface area contributed by atoms with Gasteiger partial charge in [-0.25, -0.2) is 4.79 Å². The summed E-state index contributed by atoms with van der Waals surface area (Å²) in [6.45, 7) is 3.79. The number of hydrogen-bond acceptors (Lipinski definition) is 3. The predicted molar refractivity (Wildman–Crippen MR) is 71.9 cm³/mol. The fourth-order valence-electron chi connectivity index (χ4n) is 1.47. The van der Waals surface area contributed by atoms with Crippen molar-refractivity contribution in [3.05, 3.63) is 15.8 Å². The zero-order valence-electron chi connectivity index (χ0n) is 9.92. The van der Waals surface area contributed by atoms with Crippen LogP contribution in [0.3, 0.4) is 0 Å². The summed E-state index contributed by atoms with van der Waals surface area (Å²) in [5.74, 6) is 0. The normalized spacial score (nSPS) is 11.3. The molecule has 2 amide bonds. The molecule has 1 aromatic rings. The van der Waals surface area contributed by atoms with E-state index in [-0.39, 0.29) is 12.6 Å². The van der Waals surface area contributed by atoms with Gasteiger partial charge < -0.3 is 15.7 Å². The van der Waals surface area contributed by atoms with Crippen LogP contribution in [0.15, 0.2) is 11.4 Å². The Morgan fingerprint density at radius 1 is 1.53 bits per heavy atom. The molecule has 96 valence electrons. The van der Waals surface area contributed by atoms with Gasteiger partial charge in [-0.15, -0.1) is 11.3 Å². The molecule has 0 aliphatic carbocycles. The number of carbonyl (C=O) groups excluding carboxylic acids is 1. The first-order chi connectivity index (χ1) is 8.05. The Labute approximate surface area is 110 Å². The molecule has 0 aromatic carbocycles. The Balaban J connectivity index is 2.59. The maximum absolute atomic E-state index is 11.7. The molecule has 0 spiro atoms. The second kappa shape index (κ2) is 6.23. The Bertz CT molecular complexity index is 369. The van der Waals surface area contributed by atoms with Crippen molar-refractivity contribution in [2.75, 3.05) is 11.9 Å². The van der Waals surface area contributed by atoms with E-state index in [4.69, 9.17) is 11.6 Å². The van der Waals surface area contributed by atoms with Crippen molar-refractivity contribution >= 4 is 34.7 Å². The summed E-state index contributed by atoms with van der Waals surface area (Å²) in [4.78, 5) is 11.7. The van der Waals surface area contributed by atoms with Gasteiger partial charge >= 0.3 is 6.03 Å². The van der Waals surface area contributed by atoms with Gasteiger partial charge in [-0.2, -0.15) is 0 Å². The monoisotopic (exact) mass is 276 g/mol. The largest absolute Gasteiger partial charge is 0.394 e. The number of thiophene rings is 1. The highest BCUT2D eigenvalue weighted by Gasteiger charge is 2.27. The standard InChI is InChI=1S/C11H17ClN2O2S/c1-3-11(4-2,7-15)14-10(16)13-8-5-9(12)17-6-8/h5-6,15H,3-4,7H2,1-2H3,(H2,13,14,16). The lowest BCUT2D eigenvalue weighted by molar-refractivity contribution is 0.155. The molecule has 0 aliphatic heterocycles. The highest BCUT2D eigenvalue weighted by molar-refractivity contribution is 7.14. The molecule has 1 rings (SSSR count). The van der Waals surface area contributed by atoms with Crippen LogP contribution in [-0.4, -0.2) is 23.3 Å². The highest BCUT2D eigenvalue weighted by Crippen LogP contribution is 2.24. The van der Waals surface area contributed by atoms with E-state index in [1.165, 1.54) is 11.3 Å². The molecule has 0 unspecified atom stereocenters. The van der Waals surface area contributed by atoms with Crippen LogP contribution in [0.5, 0.6) is 0 Å². The smallest absolute Gasteiger partial charge is 0.319 e. The van der Waals surface area contributed by atoms with Crippen molar-refractivity contribution in [2.45, 2.75) is 32.2 Å². The summed E-state index contributed by atoms with van der Waals surface area (Å²) in [5.41, 5.74) is 0.112. The summed E-state index contributed by atoms with van der Waals surface area (Å²) < 4.78 is 0.625. The molecular formula is C11H17ClN2O2S. The van der Waals surface area contributed by atoms with Crippen LogP contribution in [0, 0.1) is 0 Å². The van der Waals surface area contributed by atoms with Crippen molar-refractivity contribution in [1.29, 1.82) is 0 Å². The number of carbonyl (C=O) groups is 1. The first kappa shape index (κ1) is 14.3. The Kier molecular flexibility index (Phi) is 5.24. The molecule has 0 saturated heterocycles. The van der Waals surface area contributed by atoms with Crippen LogP contribution < -0.4 is 10.6 Å². The number of aliphatic hydroxyl groups is 1.